The maximum absolute atomic E-state index is 13.0. The Labute approximate surface area is 123 Å². The summed E-state index contributed by atoms with van der Waals surface area (Å²) in [4.78, 5) is 27.1. The summed E-state index contributed by atoms with van der Waals surface area (Å²) in [6.45, 7) is 3.80. The molecule has 1 atom stereocenters. The number of carbonyl (C=O) groups is 1. The summed E-state index contributed by atoms with van der Waals surface area (Å²) in [7, 11) is 0. The molecule has 0 spiro atoms. The number of rotatable bonds is 4. The highest BCUT2D eigenvalue weighted by Gasteiger charge is 2.40. The average Bonchev–Trinajstić information content (AvgIpc) is 2.96. The molecule has 2 heterocycles. The Kier molecular flexibility index (Phi) is 3.64. The normalized spacial score (nSPS) is 21.8. The molecule has 1 unspecified atom stereocenters. The number of hydrogen-bond acceptors (Lipinski definition) is 3. The lowest BCUT2D eigenvalue weighted by Crippen LogP contribution is -2.33. The molecule has 0 bridgehead atoms. The Hall–Kier alpha value is -1.94. The molecule has 1 aromatic heterocycles. The quantitative estimate of drug-likeness (QED) is 0.848. The van der Waals surface area contributed by atoms with Gasteiger partial charge in [0, 0.05) is 29.1 Å². The molecule has 0 aliphatic carbocycles. The fourth-order valence-electron chi connectivity index (χ4n) is 3.34. The number of H-pyrrole nitrogens is 1. The first-order valence-corrected chi connectivity index (χ1v) is 7.53. The van der Waals surface area contributed by atoms with Crippen molar-refractivity contribution in [1.29, 1.82) is 0 Å². The first-order chi connectivity index (χ1) is 10.1. The molecule has 2 aromatic rings. The number of pyridine rings is 1. The van der Waals surface area contributed by atoms with Crippen molar-refractivity contribution >= 4 is 16.7 Å². The van der Waals surface area contributed by atoms with Gasteiger partial charge in [-0.1, -0.05) is 13.3 Å². The van der Waals surface area contributed by atoms with Crippen molar-refractivity contribution in [3.8, 4) is 0 Å². The van der Waals surface area contributed by atoms with Crippen LogP contribution in [-0.2, 0) is 0 Å². The van der Waals surface area contributed by atoms with Crippen LogP contribution in [0.25, 0.3) is 10.9 Å². The van der Waals surface area contributed by atoms with Crippen molar-refractivity contribution < 1.29 is 4.79 Å². The Balaban J connectivity index is 2.00. The third kappa shape index (κ3) is 2.51. The summed E-state index contributed by atoms with van der Waals surface area (Å²) >= 11 is 0. The molecule has 4 heteroatoms. The van der Waals surface area contributed by atoms with Crippen LogP contribution in [-0.4, -0.2) is 23.9 Å². The van der Waals surface area contributed by atoms with Crippen LogP contribution in [0.2, 0.25) is 0 Å². The van der Waals surface area contributed by atoms with Gasteiger partial charge in [-0.15, -0.1) is 0 Å². The zero-order valence-electron chi connectivity index (χ0n) is 12.2. The minimum absolute atomic E-state index is 0.121. The van der Waals surface area contributed by atoms with Crippen LogP contribution >= 0.6 is 0 Å². The second-order valence-corrected chi connectivity index (χ2v) is 5.91. The first kappa shape index (κ1) is 14.0. The van der Waals surface area contributed by atoms with Gasteiger partial charge in [0.05, 0.1) is 0 Å². The molecule has 21 heavy (non-hydrogen) atoms. The zero-order chi connectivity index (χ0) is 14.9. The highest BCUT2D eigenvalue weighted by molar-refractivity contribution is 6.03. The van der Waals surface area contributed by atoms with Gasteiger partial charge in [-0.3, -0.25) is 9.59 Å². The predicted molar refractivity (Wildman–Crippen MR) is 83.7 cm³/mol. The van der Waals surface area contributed by atoms with Gasteiger partial charge in [-0.2, -0.15) is 0 Å². The summed E-state index contributed by atoms with van der Waals surface area (Å²) < 4.78 is 0. The molecule has 1 aromatic carbocycles. The van der Waals surface area contributed by atoms with E-state index in [0.29, 0.717) is 0 Å². The van der Waals surface area contributed by atoms with Crippen molar-refractivity contribution in [2.24, 2.45) is 5.41 Å². The van der Waals surface area contributed by atoms with E-state index in [0.717, 1.165) is 48.8 Å². The van der Waals surface area contributed by atoms with Gasteiger partial charge in [0.15, 0.2) is 5.78 Å². The Bertz CT molecular complexity index is 727. The number of ketones is 1. The van der Waals surface area contributed by atoms with Gasteiger partial charge in [0.25, 0.3) is 0 Å². The van der Waals surface area contributed by atoms with Crippen LogP contribution in [0.4, 0.5) is 0 Å². The fraction of sp³-hybridized carbons (Fsp3) is 0.412. The molecular formula is C17H20N2O2. The van der Waals surface area contributed by atoms with Crippen LogP contribution in [0.5, 0.6) is 0 Å². The number of aromatic nitrogens is 1. The number of Topliss-reactive ketones (excluding diaryl/α,β-unsaturated/α-hetero) is 1. The molecule has 4 nitrogen and oxygen atoms in total. The van der Waals surface area contributed by atoms with Gasteiger partial charge in [0.1, 0.15) is 0 Å². The van der Waals surface area contributed by atoms with Crippen molar-refractivity contribution in [3.05, 3.63) is 46.2 Å². The van der Waals surface area contributed by atoms with Crippen molar-refractivity contribution in [3.63, 3.8) is 0 Å². The van der Waals surface area contributed by atoms with Gasteiger partial charge in [-0.25, -0.2) is 0 Å². The molecule has 3 rings (SSSR count). The first-order valence-electron chi connectivity index (χ1n) is 7.53. The minimum Gasteiger partial charge on any atom is -0.322 e. The van der Waals surface area contributed by atoms with Crippen LogP contribution in [0, 0.1) is 5.41 Å². The summed E-state index contributed by atoms with van der Waals surface area (Å²) in [5, 5.41) is 4.23. The lowest BCUT2D eigenvalue weighted by atomic mass is 9.76. The fourth-order valence-corrected chi connectivity index (χ4v) is 3.34. The topological polar surface area (TPSA) is 62.0 Å². The highest BCUT2D eigenvalue weighted by Crippen LogP contribution is 2.35. The highest BCUT2D eigenvalue weighted by atomic mass is 16.1. The molecule has 0 radical (unpaired) electrons. The molecule has 1 saturated heterocycles. The Morgan fingerprint density at radius 3 is 2.86 bits per heavy atom. The van der Waals surface area contributed by atoms with Gasteiger partial charge < -0.3 is 10.3 Å². The molecule has 1 aliphatic rings. The van der Waals surface area contributed by atoms with Crippen molar-refractivity contribution in [2.75, 3.05) is 13.1 Å². The summed E-state index contributed by atoms with van der Waals surface area (Å²) in [6.07, 6.45) is 2.83. The van der Waals surface area contributed by atoms with E-state index in [1.54, 1.807) is 6.07 Å². The molecular weight excluding hydrogens is 264 g/mol. The SMILES string of the molecule is CCCC1(C(=O)c2ccc3[nH]c(=O)ccc3c2)CCNC1. The number of hydrogen-bond donors (Lipinski definition) is 2. The third-order valence-electron chi connectivity index (χ3n) is 4.44. The van der Waals surface area contributed by atoms with Crippen LogP contribution < -0.4 is 10.9 Å². The molecule has 2 N–H and O–H groups in total. The van der Waals surface area contributed by atoms with E-state index in [4.69, 9.17) is 0 Å². The minimum atomic E-state index is -0.259. The predicted octanol–water partition coefficient (Wildman–Crippen LogP) is 2.49. The molecule has 0 amide bonds. The van der Waals surface area contributed by atoms with Crippen molar-refractivity contribution in [1.82, 2.24) is 10.3 Å². The molecule has 110 valence electrons. The second kappa shape index (κ2) is 5.45. The second-order valence-electron chi connectivity index (χ2n) is 5.91. The molecule has 1 aliphatic heterocycles. The summed E-state index contributed by atoms with van der Waals surface area (Å²) in [5.74, 6) is 0.224. The zero-order valence-corrected chi connectivity index (χ0v) is 12.2. The van der Waals surface area contributed by atoms with Crippen LogP contribution in [0.15, 0.2) is 35.1 Å². The average molecular weight is 284 g/mol. The van der Waals surface area contributed by atoms with Gasteiger partial charge >= 0.3 is 0 Å². The third-order valence-corrected chi connectivity index (χ3v) is 4.44. The maximum atomic E-state index is 13.0. The van der Waals surface area contributed by atoms with Crippen LogP contribution in [0.3, 0.4) is 0 Å². The van der Waals surface area contributed by atoms with E-state index < -0.39 is 0 Å². The smallest absolute Gasteiger partial charge is 0.248 e. The Morgan fingerprint density at radius 2 is 2.14 bits per heavy atom. The molecule has 0 saturated carbocycles. The van der Waals surface area contributed by atoms with E-state index in [1.807, 2.05) is 18.2 Å². The van der Waals surface area contributed by atoms with Gasteiger partial charge in [0.2, 0.25) is 5.56 Å². The number of aromatic amines is 1. The van der Waals surface area contributed by atoms with E-state index in [1.165, 1.54) is 6.07 Å². The number of carbonyl (C=O) groups excluding carboxylic acids is 1. The van der Waals surface area contributed by atoms with E-state index in [-0.39, 0.29) is 16.8 Å². The van der Waals surface area contributed by atoms with Crippen molar-refractivity contribution in [2.45, 2.75) is 26.2 Å². The Morgan fingerprint density at radius 1 is 1.29 bits per heavy atom. The maximum Gasteiger partial charge on any atom is 0.248 e. The van der Waals surface area contributed by atoms with E-state index in [9.17, 15) is 9.59 Å². The standard InChI is InChI=1S/C17H20N2O2/c1-2-7-17(8-9-18-11-17)16(21)13-3-5-14-12(10-13)4-6-15(20)19-14/h3-6,10,18H,2,7-9,11H2,1H3,(H,19,20). The number of fused-ring (bicyclic) bond motifs is 1. The monoisotopic (exact) mass is 284 g/mol. The number of nitrogens with one attached hydrogen (secondary N) is 2. The molecule has 1 fully saturated rings. The van der Waals surface area contributed by atoms with Crippen LogP contribution in [0.1, 0.15) is 36.5 Å². The lowest BCUT2D eigenvalue weighted by molar-refractivity contribution is 0.0802. The largest absolute Gasteiger partial charge is 0.322 e. The van der Waals surface area contributed by atoms with Gasteiger partial charge in [-0.05, 0) is 49.0 Å². The van der Waals surface area contributed by atoms with E-state index >= 15 is 0 Å². The lowest BCUT2D eigenvalue weighted by Gasteiger charge is -2.26. The van der Waals surface area contributed by atoms with E-state index in [2.05, 4.69) is 17.2 Å². The summed E-state index contributed by atoms with van der Waals surface area (Å²) in [6, 6.07) is 8.81. The summed E-state index contributed by atoms with van der Waals surface area (Å²) in [5.41, 5.74) is 1.13. The number of benzene rings is 1.